The molecule has 0 fully saturated rings. The topological polar surface area (TPSA) is 85.4 Å². The van der Waals surface area contributed by atoms with Crippen LogP contribution in [0.1, 0.15) is 26.3 Å². The minimum Gasteiger partial charge on any atom is -0.497 e. The van der Waals surface area contributed by atoms with Crippen molar-refractivity contribution >= 4 is 27.5 Å². The molecule has 1 N–H and O–H groups in total. The molecule has 0 saturated heterocycles. The molecular weight excluding hydrogens is 396 g/mol. The van der Waals surface area contributed by atoms with Crippen molar-refractivity contribution in [2.45, 2.75) is 41.9 Å². The first kappa shape index (κ1) is 22.2. The van der Waals surface area contributed by atoms with Crippen LogP contribution >= 0.6 is 11.8 Å². The van der Waals surface area contributed by atoms with E-state index in [9.17, 15) is 13.2 Å². The Hall–Kier alpha value is -2.06. The smallest absolute Gasteiger partial charge is 0.241 e. The van der Waals surface area contributed by atoms with Crippen LogP contribution in [0.15, 0.2) is 52.5 Å². The van der Waals surface area contributed by atoms with Gasteiger partial charge in [0.25, 0.3) is 0 Å². The van der Waals surface area contributed by atoms with E-state index in [0.29, 0.717) is 12.3 Å². The molecule has 0 aliphatic carbocycles. The molecule has 0 aliphatic rings. The number of rotatable bonds is 9. The lowest BCUT2D eigenvalue weighted by Gasteiger charge is -2.23. The molecule has 0 atom stereocenters. The number of nitrogens with zero attached hydrogens (tertiary/aromatic N) is 1. The zero-order valence-electron chi connectivity index (χ0n) is 16.6. The Morgan fingerprint density at radius 3 is 2.39 bits per heavy atom. The van der Waals surface area contributed by atoms with E-state index in [4.69, 9.17) is 4.74 Å². The number of methoxy groups -OCH3 is 1. The summed E-state index contributed by atoms with van der Waals surface area (Å²) in [6.07, 6.45) is 2.30. The summed E-state index contributed by atoms with van der Waals surface area (Å²) < 4.78 is 29.2. The zero-order valence-corrected chi connectivity index (χ0v) is 18.2. The number of carbonyl (C=O) groups excluding carboxylic acids is 1. The molecule has 2 aromatic rings. The molecule has 6 nitrogen and oxygen atoms in total. The van der Waals surface area contributed by atoms with Crippen molar-refractivity contribution in [1.82, 2.24) is 10.3 Å². The van der Waals surface area contributed by atoms with Gasteiger partial charge in [0.15, 0.2) is 9.77 Å². The summed E-state index contributed by atoms with van der Waals surface area (Å²) in [5, 5.41) is 2.64. The average Bonchev–Trinajstić information content (AvgIpc) is 2.71. The number of pyridine rings is 1. The van der Waals surface area contributed by atoms with E-state index in [2.05, 4.69) is 10.3 Å². The fraction of sp³-hybridized carbons (Fsp3) is 0.400. The quantitative estimate of drug-likeness (QED) is 0.494. The highest BCUT2D eigenvalue weighted by Gasteiger charge is 2.43. The van der Waals surface area contributed by atoms with E-state index in [1.807, 2.05) is 31.2 Å². The first-order valence-electron chi connectivity index (χ1n) is 8.97. The molecule has 1 aromatic heterocycles. The number of amides is 1. The third-order valence-electron chi connectivity index (χ3n) is 4.42. The van der Waals surface area contributed by atoms with Crippen LogP contribution < -0.4 is 10.1 Å². The number of ether oxygens (including phenoxy) is 1. The van der Waals surface area contributed by atoms with Crippen molar-refractivity contribution in [3.05, 3.63) is 48.2 Å². The van der Waals surface area contributed by atoms with Crippen molar-refractivity contribution in [3.8, 4) is 5.75 Å². The maximum Gasteiger partial charge on any atom is 0.241 e. The van der Waals surface area contributed by atoms with E-state index in [1.54, 1.807) is 24.9 Å². The van der Waals surface area contributed by atoms with Crippen LogP contribution in [0.4, 0.5) is 0 Å². The average molecular weight is 423 g/mol. The molecule has 0 saturated carbocycles. The van der Waals surface area contributed by atoms with Crippen LogP contribution in [0.3, 0.4) is 0 Å². The van der Waals surface area contributed by atoms with Gasteiger partial charge < -0.3 is 10.1 Å². The van der Waals surface area contributed by atoms with E-state index < -0.39 is 20.5 Å². The van der Waals surface area contributed by atoms with Crippen LogP contribution in [0.2, 0.25) is 0 Å². The fourth-order valence-electron chi connectivity index (χ4n) is 2.38. The second kappa shape index (κ2) is 9.43. The highest BCUT2D eigenvalue weighted by molar-refractivity contribution is 7.99. The fourth-order valence-corrected chi connectivity index (χ4v) is 4.43. The summed E-state index contributed by atoms with van der Waals surface area (Å²) in [5.74, 6) is 0.867. The Bertz CT molecular complexity index is 893. The minimum absolute atomic E-state index is 0.0857. The molecule has 8 heteroatoms. The number of aromatic nitrogens is 1. The van der Waals surface area contributed by atoms with Gasteiger partial charge in [0.05, 0.1) is 7.11 Å². The first-order chi connectivity index (χ1) is 13.2. The standard InChI is InChI=1S/C20H26N2O4S2/c1-5-15-6-11-18(22-14-15)28(24,25)20(2,3)19(23)21-12-13-27-17-9-7-16(26-4)8-10-17/h6-11,14H,5,12-13H2,1-4H3,(H,21,23). The second-order valence-corrected chi connectivity index (χ2v) is 10.3. The lowest BCUT2D eigenvalue weighted by Crippen LogP contribution is -2.48. The number of benzene rings is 1. The van der Waals surface area contributed by atoms with Gasteiger partial charge in [0.1, 0.15) is 5.75 Å². The summed E-state index contributed by atoms with van der Waals surface area (Å²) in [7, 11) is -2.29. The molecule has 0 aliphatic heterocycles. The van der Waals surface area contributed by atoms with Gasteiger partial charge in [-0.05, 0) is 56.2 Å². The zero-order chi connectivity index (χ0) is 20.8. The van der Waals surface area contributed by atoms with Crippen LogP contribution in [0.25, 0.3) is 0 Å². The summed E-state index contributed by atoms with van der Waals surface area (Å²) in [6, 6.07) is 10.8. The number of thioether (sulfide) groups is 1. The molecule has 1 aromatic carbocycles. The summed E-state index contributed by atoms with van der Waals surface area (Å²) >= 11 is 1.57. The lowest BCUT2D eigenvalue weighted by atomic mass is 10.2. The molecule has 0 spiro atoms. The molecule has 0 unspecified atom stereocenters. The third-order valence-corrected chi connectivity index (χ3v) is 7.75. The first-order valence-corrected chi connectivity index (χ1v) is 11.4. The van der Waals surface area contributed by atoms with Gasteiger partial charge >= 0.3 is 0 Å². The van der Waals surface area contributed by atoms with Crippen LogP contribution in [-0.4, -0.2) is 43.5 Å². The van der Waals surface area contributed by atoms with Gasteiger partial charge in [0, 0.05) is 23.4 Å². The normalized spacial score (nSPS) is 11.9. The SMILES string of the molecule is CCc1ccc(S(=O)(=O)C(C)(C)C(=O)NCCSc2ccc(OC)cc2)nc1. The maximum atomic E-state index is 12.9. The lowest BCUT2D eigenvalue weighted by molar-refractivity contribution is -0.122. The summed E-state index contributed by atoms with van der Waals surface area (Å²) in [6.45, 7) is 5.14. The van der Waals surface area contributed by atoms with Gasteiger partial charge in [-0.1, -0.05) is 13.0 Å². The monoisotopic (exact) mass is 422 g/mol. The van der Waals surface area contributed by atoms with Crippen LogP contribution in [-0.2, 0) is 21.1 Å². The van der Waals surface area contributed by atoms with Gasteiger partial charge in [-0.3, -0.25) is 4.79 Å². The molecule has 1 heterocycles. The molecule has 0 radical (unpaired) electrons. The van der Waals surface area contributed by atoms with Crippen molar-refractivity contribution in [3.63, 3.8) is 0 Å². The Kier molecular flexibility index (Phi) is 7.48. The molecule has 2 rings (SSSR count). The van der Waals surface area contributed by atoms with E-state index in [-0.39, 0.29) is 5.03 Å². The van der Waals surface area contributed by atoms with Crippen molar-refractivity contribution in [2.24, 2.45) is 0 Å². The minimum atomic E-state index is -3.90. The molecular formula is C20H26N2O4S2. The largest absolute Gasteiger partial charge is 0.497 e. The van der Waals surface area contributed by atoms with E-state index >= 15 is 0 Å². The van der Waals surface area contributed by atoms with E-state index in [0.717, 1.165) is 22.6 Å². The van der Waals surface area contributed by atoms with E-state index in [1.165, 1.54) is 26.1 Å². The molecule has 28 heavy (non-hydrogen) atoms. The number of nitrogens with one attached hydrogen (secondary N) is 1. The summed E-state index contributed by atoms with van der Waals surface area (Å²) in [5.41, 5.74) is 0.941. The Balaban J connectivity index is 1.94. The van der Waals surface area contributed by atoms with Gasteiger partial charge in [0.2, 0.25) is 15.7 Å². The van der Waals surface area contributed by atoms with Crippen molar-refractivity contribution in [1.29, 1.82) is 0 Å². The maximum absolute atomic E-state index is 12.9. The van der Waals surface area contributed by atoms with Gasteiger partial charge in [-0.2, -0.15) is 0 Å². The second-order valence-electron chi connectivity index (χ2n) is 6.65. The van der Waals surface area contributed by atoms with Crippen molar-refractivity contribution < 1.29 is 17.9 Å². The predicted molar refractivity (Wildman–Crippen MR) is 112 cm³/mol. The predicted octanol–water partition coefficient (Wildman–Crippen LogP) is 3.11. The molecule has 152 valence electrons. The Morgan fingerprint density at radius 2 is 1.86 bits per heavy atom. The Morgan fingerprint density at radius 1 is 1.18 bits per heavy atom. The van der Waals surface area contributed by atoms with Gasteiger partial charge in [-0.25, -0.2) is 13.4 Å². The van der Waals surface area contributed by atoms with Crippen LogP contribution in [0, 0.1) is 0 Å². The van der Waals surface area contributed by atoms with Crippen LogP contribution in [0.5, 0.6) is 5.75 Å². The third kappa shape index (κ3) is 5.05. The van der Waals surface area contributed by atoms with Gasteiger partial charge in [-0.15, -0.1) is 11.8 Å². The summed E-state index contributed by atoms with van der Waals surface area (Å²) in [4.78, 5) is 17.6. The number of aryl methyl sites for hydroxylation is 1. The number of hydrogen-bond acceptors (Lipinski definition) is 6. The number of carbonyl (C=O) groups is 1. The molecule has 0 bridgehead atoms. The van der Waals surface area contributed by atoms with Crippen molar-refractivity contribution in [2.75, 3.05) is 19.4 Å². The number of sulfone groups is 1. The number of hydrogen-bond donors (Lipinski definition) is 1. The highest BCUT2D eigenvalue weighted by atomic mass is 32.2. The molecule has 1 amide bonds. The highest BCUT2D eigenvalue weighted by Crippen LogP contribution is 2.25. The Labute approximate surface area is 171 Å².